The second-order valence-corrected chi connectivity index (χ2v) is 6.19. The highest BCUT2D eigenvalue weighted by molar-refractivity contribution is 5.83. The molecule has 3 aromatic rings. The lowest BCUT2D eigenvalue weighted by atomic mass is 10.1. The van der Waals surface area contributed by atoms with Gasteiger partial charge in [-0.25, -0.2) is 4.79 Å². The Morgan fingerprint density at radius 2 is 2.09 bits per heavy atom. The first-order chi connectivity index (χ1) is 11.2. The number of pyridine rings is 1. The average Bonchev–Trinajstić information content (AvgIpc) is 3.40. The number of nitrogens with zero attached hydrogens (tertiary/aromatic N) is 3. The van der Waals surface area contributed by atoms with Crippen molar-refractivity contribution in [3.05, 3.63) is 64.0 Å². The molecule has 116 valence electrons. The van der Waals surface area contributed by atoms with E-state index in [-0.39, 0.29) is 5.69 Å². The van der Waals surface area contributed by atoms with Gasteiger partial charge < -0.3 is 0 Å². The van der Waals surface area contributed by atoms with E-state index in [1.54, 1.807) is 10.8 Å². The maximum atomic E-state index is 12.7. The van der Waals surface area contributed by atoms with Gasteiger partial charge in [0.1, 0.15) is 0 Å². The number of fused-ring (bicyclic) bond motifs is 1. The maximum absolute atomic E-state index is 12.7. The zero-order chi connectivity index (χ0) is 16.0. The Bertz CT molecular complexity index is 954. The van der Waals surface area contributed by atoms with Crippen LogP contribution >= 0.6 is 0 Å². The normalized spacial score (nSPS) is 14.3. The Balaban J connectivity index is 2.09. The monoisotopic (exact) mass is 305 g/mol. The number of hydrogen-bond donors (Lipinski definition) is 0. The van der Waals surface area contributed by atoms with Gasteiger partial charge in [0.05, 0.1) is 22.6 Å². The summed E-state index contributed by atoms with van der Waals surface area (Å²) in [4.78, 5) is 21.3. The molecule has 1 aliphatic rings. The first-order valence-corrected chi connectivity index (χ1v) is 8.16. The van der Waals surface area contributed by atoms with Crippen LogP contribution in [0.3, 0.4) is 0 Å². The summed E-state index contributed by atoms with van der Waals surface area (Å²) in [5.41, 5.74) is 4.55. The summed E-state index contributed by atoms with van der Waals surface area (Å²) in [5, 5.41) is 1.06. The molecule has 0 spiro atoms. The van der Waals surface area contributed by atoms with Gasteiger partial charge in [0.25, 0.3) is 0 Å². The van der Waals surface area contributed by atoms with E-state index >= 15 is 0 Å². The van der Waals surface area contributed by atoms with Crippen molar-refractivity contribution in [2.24, 2.45) is 0 Å². The molecule has 0 saturated heterocycles. The molecule has 4 heteroatoms. The third kappa shape index (κ3) is 2.34. The predicted octanol–water partition coefficient (Wildman–Crippen LogP) is 3.53. The molecule has 4 nitrogen and oxygen atoms in total. The summed E-state index contributed by atoms with van der Waals surface area (Å²) in [6, 6.07) is 10.3. The van der Waals surface area contributed by atoms with Crippen molar-refractivity contribution in [2.45, 2.75) is 39.0 Å². The summed E-state index contributed by atoms with van der Waals surface area (Å²) in [6.45, 7) is 3.96. The molecule has 1 fully saturated rings. The molecule has 2 heterocycles. The van der Waals surface area contributed by atoms with E-state index in [2.05, 4.69) is 28.2 Å². The molecule has 4 rings (SSSR count). The molecule has 0 N–H and O–H groups in total. The van der Waals surface area contributed by atoms with Crippen LogP contribution in [0.5, 0.6) is 0 Å². The van der Waals surface area contributed by atoms with Crippen molar-refractivity contribution in [3.8, 4) is 5.69 Å². The lowest BCUT2D eigenvalue weighted by Gasteiger charge is -2.14. The van der Waals surface area contributed by atoms with Gasteiger partial charge in [-0.15, -0.1) is 0 Å². The molecule has 0 bridgehead atoms. The summed E-state index contributed by atoms with van der Waals surface area (Å²) < 4.78 is 1.71. The Morgan fingerprint density at radius 1 is 1.26 bits per heavy atom. The van der Waals surface area contributed by atoms with E-state index in [4.69, 9.17) is 0 Å². The third-order valence-electron chi connectivity index (χ3n) is 4.60. The molecule has 0 aliphatic heterocycles. The van der Waals surface area contributed by atoms with Crippen molar-refractivity contribution >= 4 is 10.9 Å². The molecule has 1 aliphatic carbocycles. The highest BCUT2D eigenvalue weighted by Crippen LogP contribution is 2.41. The van der Waals surface area contributed by atoms with Crippen LogP contribution in [0.15, 0.2) is 41.3 Å². The van der Waals surface area contributed by atoms with Gasteiger partial charge in [-0.2, -0.15) is 4.98 Å². The van der Waals surface area contributed by atoms with Gasteiger partial charge in [-0.1, -0.05) is 19.1 Å². The molecular weight excluding hydrogens is 286 g/mol. The van der Waals surface area contributed by atoms with E-state index in [9.17, 15) is 4.79 Å². The second kappa shape index (κ2) is 5.30. The van der Waals surface area contributed by atoms with Crippen molar-refractivity contribution in [1.82, 2.24) is 14.5 Å². The van der Waals surface area contributed by atoms with Gasteiger partial charge in [-0.05, 0) is 55.9 Å². The molecule has 1 aromatic carbocycles. The molecule has 23 heavy (non-hydrogen) atoms. The molecular formula is C19H19N3O. The highest BCUT2D eigenvalue weighted by Gasteiger charge is 2.24. The van der Waals surface area contributed by atoms with Crippen LogP contribution in [0.4, 0.5) is 0 Å². The standard InChI is InChI=1S/C19H19N3O/c1-3-16-15-9-8-14(13-6-7-13)11-18(15)22(19(23)21-16)17-5-4-10-20-12(17)2/h4-5,8-11,13H,3,6-7H2,1-2H3. The fourth-order valence-corrected chi connectivity index (χ4v) is 3.19. The van der Waals surface area contributed by atoms with E-state index in [1.807, 2.05) is 26.0 Å². The van der Waals surface area contributed by atoms with E-state index in [0.717, 1.165) is 34.4 Å². The number of aryl methyl sites for hydroxylation is 2. The minimum atomic E-state index is -0.224. The first kappa shape index (κ1) is 14.1. The van der Waals surface area contributed by atoms with Crippen molar-refractivity contribution in [2.75, 3.05) is 0 Å². The maximum Gasteiger partial charge on any atom is 0.352 e. The summed E-state index contributed by atoms with van der Waals surface area (Å²) in [7, 11) is 0. The molecule has 0 atom stereocenters. The SMILES string of the molecule is CCc1nc(=O)n(-c2cccnc2C)c2cc(C3CC3)ccc12. The molecule has 1 saturated carbocycles. The van der Waals surface area contributed by atoms with Crippen LogP contribution in [0.2, 0.25) is 0 Å². The van der Waals surface area contributed by atoms with Crippen LogP contribution in [0.1, 0.15) is 42.6 Å². The summed E-state index contributed by atoms with van der Waals surface area (Å²) in [6.07, 6.45) is 4.98. The van der Waals surface area contributed by atoms with Gasteiger partial charge in [-0.3, -0.25) is 9.55 Å². The van der Waals surface area contributed by atoms with Crippen molar-refractivity contribution < 1.29 is 0 Å². The predicted molar refractivity (Wildman–Crippen MR) is 91.2 cm³/mol. The molecule has 0 amide bonds. The fraction of sp³-hybridized carbons (Fsp3) is 0.316. The van der Waals surface area contributed by atoms with Crippen LogP contribution in [0.25, 0.3) is 16.6 Å². The lowest BCUT2D eigenvalue weighted by molar-refractivity contribution is 0.895. The Hall–Kier alpha value is -2.49. The zero-order valence-corrected chi connectivity index (χ0v) is 13.4. The van der Waals surface area contributed by atoms with Gasteiger partial charge in [0.15, 0.2) is 0 Å². The summed E-state index contributed by atoms with van der Waals surface area (Å²) >= 11 is 0. The Morgan fingerprint density at radius 3 is 2.78 bits per heavy atom. The Kier molecular flexibility index (Phi) is 3.26. The Labute approximate surface area is 134 Å². The first-order valence-electron chi connectivity index (χ1n) is 8.16. The van der Waals surface area contributed by atoms with E-state index in [1.165, 1.54) is 18.4 Å². The highest BCUT2D eigenvalue weighted by atomic mass is 16.1. The minimum absolute atomic E-state index is 0.224. The van der Waals surface area contributed by atoms with Crippen molar-refractivity contribution in [1.29, 1.82) is 0 Å². The molecule has 2 aromatic heterocycles. The average molecular weight is 305 g/mol. The minimum Gasteiger partial charge on any atom is -0.259 e. The number of aromatic nitrogens is 3. The van der Waals surface area contributed by atoms with E-state index in [0.29, 0.717) is 5.92 Å². The second-order valence-electron chi connectivity index (χ2n) is 6.19. The van der Waals surface area contributed by atoms with Crippen LogP contribution in [-0.2, 0) is 6.42 Å². The van der Waals surface area contributed by atoms with Gasteiger partial charge in [0.2, 0.25) is 0 Å². The molecule has 0 radical (unpaired) electrons. The fourth-order valence-electron chi connectivity index (χ4n) is 3.19. The number of hydrogen-bond acceptors (Lipinski definition) is 3. The number of rotatable bonds is 3. The quantitative estimate of drug-likeness (QED) is 0.743. The van der Waals surface area contributed by atoms with Gasteiger partial charge >= 0.3 is 5.69 Å². The van der Waals surface area contributed by atoms with E-state index < -0.39 is 0 Å². The van der Waals surface area contributed by atoms with Crippen LogP contribution in [-0.4, -0.2) is 14.5 Å². The van der Waals surface area contributed by atoms with Crippen LogP contribution < -0.4 is 5.69 Å². The van der Waals surface area contributed by atoms with Crippen LogP contribution in [0, 0.1) is 6.92 Å². The zero-order valence-electron chi connectivity index (χ0n) is 13.4. The third-order valence-corrected chi connectivity index (χ3v) is 4.60. The van der Waals surface area contributed by atoms with Gasteiger partial charge in [0, 0.05) is 11.6 Å². The van der Waals surface area contributed by atoms with Crippen molar-refractivity contribution in [3.63, 3.8) is 0 Å². The molecule has 0 unspecified atom stereocenters. The summed E-state index contributed by atoms with van der Waals surface area (Å²) in [5.74, 6) is 0.649. The lowest BCUT2D eigenvalue weighted by Crippen LogP contribution is -2.24. The topological polar surface area (TPSA) is 47.8 Å². The largest absolute Gasteiger partial charge is 0.352 e. The smallest absolute Gasteiger partial charge is 0.259 e. The number of benzene rings is 1.